The Hall–Kier alpha value is -0.900. The third kappa shape index (κ3) is 1.81. The molecule has 0 amide bonds. The molecule has 4 nitrogen and oxygen atoms in total. The van der Waals surface area contributed by atoms with Gasteiger partial charge in [-0.3, -0.25) is 0 Å². The van der Waals surface area contributed by atoms with Gasteiger partial charge in [-0.1, -0.05) is 5.16 Å². The first-order chi connectivity index (χ1) is 4.29. The van der Waals surface area contributed by atoms with Gasteiger partial charge in [-0.25, -0.2) is 0 Å². The molecule has 0 bridgehead atoms. The summed E-state index contributed by atoms with van der Waals surface area (Å²) in [5.74, 6) is 0.653. The van der Waals surface area contributed by atoms with E-state index < -0.39 is 0 Å². The molecule has 0 fully saturated rings. The molecule has 9 heavy (non-hydrogen) atoms. The molecule has 0 atom stereocenters. The van der Waals surface area contributed by atoms with E-state index in [0.29, 0.717) is 12.4 Å². The average Bonchev–Trinajstić information content (AvgIpc) is 2.15. The largest absolute Gasteiger partial charge is 0.338 e. The summed E-state index contributed by atoms with van der Waals surface area (Å²) in [5.41, 5.74) is 0. The highest BCUT2D eigenvalue weighted by Crippen LogP contribution is 1.92. The van der Waals surface area contributed by atoms with Crippen molar-refractivity contribution in [3.63, 3.8) is 0 Å². The number of aromatic nitrogens is 2. The van der Waals surface area contributed by atoms with Crippen molar-refractivity contribution in [3.05, 3.63) is 12.2 Å². The van der Waals surface area contributed by atoms with Gasteiger partial charge in [0.05, 0.1) is 6.54 Å². The normalized spacial score (nSPS) is 10.6. The third-order valence-electron chi connectivity index (χ3n) is 0.858. The number of hydrogen-bond donors (Lipinski definition) is 0. The maximum absolute atomic E-state index is 4.74. The van der Waals surface area contributed by atoms with Crippen molar-refractivity contribution in [2.75, 3.05) is 14.1 Å². The Morgan fingerprint density at radius 3 is 2.89 bits per heavy atom. The lowest BCUT2D eigenvalue weighted by atomic mass is 10.6. The molecule has 0 unspecified atom stereocenters. The van der Waals surface area contributed by atoms with Crippen molar-refractivity contribution in [2.24, 2.45) is 0 Å². The van der Waals surface area contributed by atoms with E-state index >= 15 is 0 Å². The first-order valence-corrected chi connectivity index (χ1v) is 2.69. The molecular weight excluding hydrogens is 118 g/mol. The fourth-order valence-electron chi connectivity index (χ4n) is 0.536. The Labute approximate surface area is 53.5 Å². The molecule has 0 saturated carbocycles. The quantitative estimate of drug-likeness (QED) is 0.566. The third-order valence-corrected chi connectivity index (χ3v) is 0.858. The number of nitrogens with zero attached hydrogens (tertiary/aromatic N) is 3. The van der Waals surface area contributed by atoms with Crippen molar-refractivity contribution in [2.45, 2.75) is 6.54 Å². The first-order valence-electron chi connectivity index (χ1n) is 2.69. The minimum absolute atomic E-state index is 0.653. The molecule has 0 aliphatic carbocycles. The Morgan fingerprint density at radius 2 is 2.44 bits per heavy atom. The Balaban J connectivity index is 2.48. The highest BCUT2D eigenvalue weighted by Gasteiger charge is 1.97. The predicted molar refractivity (Wildman–Crippen MR) is 31.7 cm³/mol. The van der Waals surface area contributed by atoms with E-state index in [1.165, 1.54) is 6.33 Å². The maximum Gasteiger partial charge on any atom is 0.240 e. The van der Waals surface area contributed by atoms with Gasteiger partial charge in [0, 0.05) is 0 Å². The van der Waals surface area contributed by atoms with Crippen LogP contribution in [0.4, 0.5) is 0 Å². The standard InChI is InChI=1S/C5H9N3O/c1-8(2)3-5-6-4-7-9-5/h4H,3H2,1-2H3. The van der Waals surface area contributed by atoms with Gasteiger partial charge in [0.15, 0.2) is 6.33 Å². The summed E-state index contributed by atoms with van der Waals surface area (Å²) in [4.78, 5) is 5.80. The van der Waals surface area contributed by atoms with Gasteiger partial charge in [0.25, 0.3) is 0 Å². The second kappa shape index (κ2) is 2.59. The van der Waals surface area contributed by atoms with Crippen LogP contribution in [0.1, 0.15) is 5.89 Å². The molecule has 1 aromatic rings. The van der Waals surface area contributed by atoms with E-state index in [9.17, 15) is 0 Å². The molecule has 50 valence electrons. The molecule has 0 aromatic carbocycles. The molecule has 1 rings (SSSR count). The van der Waals surface area contributed by atoms with Crippen molar-refractivity contribution in [1.29, 1.82) is 0 Å². The van der Waals surface area contributed by atoms with Gasteiger partial charge >= 0.3 is 0 Å². The predicted octanol–water partition coefficient (Wildman–Crippen LogP) is 0.131. The Morgan fingerprint density at radius 1 is 1.67 bits per heavy atom. The minimum atomic E-state index is 0.653. The van der Waals surface area contributed by atoms with Gasteiger partial charge < -0.3 is 9.42 Å². The van der Waals surface area contributed by atoms with Crippen LogP contribution in [0.2, 0.25) is 0 Å². The second-order valence-electron chi connectivity index (χ2n) is 2.07. The van der Waals surface area contributed by atoms with Gasteiger partial charge in [-0.05, 0) is 14.1 Å². The van der Waals surface area contributed by atoms with E-state index in [0.717, 1.165) is 0 Å². The van der Waals surface area contributed by atoms with Crippen LogP contribution in [0.25, 0.3) is 0 Å². The average molecular weight is 127 g/mol. The van der Waals surface area contributed by atoms with Crippen LogP contribution >= 0.6 is 0 Å². The zero-order chi connectivity index (χ0) is 6.69. The number of hydrogen-bond acceptors (Lipinski definition) is 4. The van der Waals surface area contributed by atoms with Gasteiger partial charge in [0.2, 0.25) is 5.89 Å². The van der Waals surface area contributed by atoms with Gasteiger partial charge in [-0.2, -0.15) is 4.98 Å². The fraction of sp³-hybridized carbons (Fsp3) is 0.600. The van der Waals surface area contributed by atoms with Crippen LogP contribution in [-0.4, -0.2) is 29.1 Å². The molecule has 0 spiro atoms. The van der Waals surface area contributed by atoms with E-state index in [-0.39, 0.29) is 0 Å². The molecule has 0 aliphatic rings. The van der Waals surface area contributed by atoms with Gasteiger partial charge in [-0.15, -0.1) is 0 Å². The first kappa shape index (κ1) is 6.22. The lowest BCUT2D eigenvalue weighted by Gasteiger charge is -2.02. The topological polar surface area (TPSA) is 42.2 Å². The monoisotopic (exact) mass is 127 g/mol. The van der Waals surface area contributed by atoms with E-state index in [1.54, 1.807) is 0 Å². The minimum Gasteiger partial charge on any atom is -0.338 e. The van der Waals surface area contributed by atoms with Crippen LogP contribution in [-0.2, 0) is 6.54 Å². The zero-order valence-electron chi connectivity index (χ0n) is 5.53. The molecule has 0 aliphatic heterocycles. The van der Waals surface area contributed by atoms with Crippen molar-refractivity contribution >= 4 is 0 Å². The summed E-state index contributed by atoms with van der Waals surface area (Å²) in [6, 6.07) is 0. The highest BCUT2D eigenvalue weighted by molar-refractivity contribution is 4.71. The van der Waals surface area contributed by atoms with Crippen LogP contribution in [0, 0.1) is 0 Å². The van der Waals surface area contributed by atoms with E-state index in [1.807, 2.05) is 19.0 Å². The number of rotatable bonds is 2. The molecule has 0 N–H and O–H groups in total. The van der Waals surface area contributed by atoms with Gasteiger partial charge in [0.1, 0.15) is 0 Å². The molecule has 1 aromatic heterocycles. The molecule has 0 radical (unpaired) electrons. The van der Waals surface area contributed by atoms with Crippen molar-refractivity contribution in [1.82, 2.24) is 15.0 Å². The van der Waals surface area contributed by atoms with E-state index in [2.05, 4.69) is 10.1 Å². The summed E-state index contributed by atoms with van der Waals surface area (Å²) in [5, 5.41) is 3.46. The lowest BCUT2D eigenvalue weighted by molar-refractivity contribution is 0.302. The summed E-state index contributed by atoms with van der Waals surface area (Å²) in [6.07, 6.45) is 1.40. The molecule has 4 heteroatoms. The smallest absolute Gasteiger partial charge is 0.240 e. The SMILES string of the molecule is CN(C)Cc1ncno1. The maximum atomic E-state index is 4.74. The van der Waals surface area contributed by atoms with Crippen LogP contribution < -0.4 is 0 Å². The summed E-state index contributed by atoms with van der Waals surface area (Å²) < 4.78 is 4.74. The lowest BCUT2D eigenvalue weighted by Crippen LogP contribution is -2.10. The van der Waals surface area contributed by atoms with Crippen molar-refractivity contribution in [3.8, 4) is 0 Å². The Kier molecular flexibility index (Phi) is 1.79. The van der Waals surface area contributed by atoms with Crippen LogP contribution in [0.5, 0.6) is 0 Å². The molecular formula is C5H9N3O. The summed E-state index contributed by atoms with van der Waals surface area (Å²) >= 11 is 0. The van der Waals surface area contributed by atoms with Crippen LogP contribution in [0.15, 0.2) is 10.9 Å². The summed E-state index contributed by atoms with van der Waals surface area (Å²) in [7, 11) is 3.90. The van der Waals surface area contributed by atoms with E-state index in [4.69, 9.17) is 4.52 Å². The second-order valence-corrected chi connectivity index (χ2v) is 2.07. The van der Waals surface area contributed by atoms with Crippen molar-refractivity contribution < 1.29 is 4.52 Å². The molecule has 0 saturated heterocycles. The fourth-order valence-corrected chi connectivity index (χ4v) is 0.536. The van der Waals surface area contributed by atoms with Crippen LogP contribution in [0.3, 0.4) is 0 Å². The Bertz CT molecular complexity index is 159. The highest BCUT2D eigenvalue weighted by atomic mass is 16.5. The summed E-state index contributed by atoms with van der Waals surface area (Å²) in [6.45, 7) is 0.708. The molecule has 1 heterocycles. The zero-order valence-corrected chi connectivity index (χ0v) is 5.53.